The highest BCUT2D eigenvalue weighted by Crippen LogP contribution is 2.11. The van der Waals surface area contributed by atoms with E-state index in [2.05, 4.69) is 36.1 Å². The fourth-order valence-electron chi connectivity index (χ4n) is 1.85. The van der Waals surface area contributed by atoms with Crippen molar-refractivity contribution in [1.82, 2.24) is 15.1 Å². The molecule has 78 valence electrons. The van der Waals surface area contributed by atoms with Crippen LogP contribution < -0.4 is 5.32 Å². The van der Waals surface area contributed by atoms with Crippen LogP contribution in [0.2, 0.25) is 0 Å². The molecular formula is C10H23N3. The molecule has 0 saturated carbocycles. The van der Waals surface area contributed by atoms with Crippen LogP contribution in [0.1, 0.15) is 13.3 Å². The highest BCUT2D eigenvalue weighted by molar-refractivity contribution is 4.80. The maximum absolute atomic E-state index is 3.36. The average Bonchev–Trinajstić information content (AvgIpc) is 2.53. The van der Waals surface area contributed by atoms with E-state index in [1.165, 1.54) is 26.1 Å². The second-order valence-corrected chi connectivity index (χ2v) is 4.06. The number of likely N-dealkylation sites (N-methyl/N-ethyl adjacent to an activating group) is 2. The van der Waals surface area contributed by atoms with Crippen molar-refractivity contribution >= 4 is 0 Å². The zero-order valence-electron chi connectivity index (χ0n) is 9.21. The molecule has 0 aliphatic carbocycles. The van der Waals surface area contributed by atoms with Crippen LogP contribution in [0.25, 0.3) is 0 Å². The molecule has 3 heteroatoms. The Morgan fingerprint density at radius 1 is 1.46 bits per heavy atom. The monoisotopic (exact) mass is 185 g/mol. The maximum Gasteiger partial charge on any atom is 0.0229 e. The standard InChI is InChI=1S/C10H23N3/c1-4-11-6-8-13-7-5-10(9-13)12(2)3/h10-11H,4-9H2,1-3H3. The summed E-state index contributed by atoms with van der Waals surface area (Å²) in [5, 5.41) is 3.36. The third-order valence-electron chi connectivity index (χ3n) is 2.83. The molecule has 1 unspecified atom stereocenters. The maximum atomic E-state index is 3.36. The normalized spacial score (nSPS) is 24.5. The van der Waals surface area contributed by atoms with Crippen LogP contribution in [0.3, 0.4) is 0 Å². The number of rotatable bonds is 5. The molecule has 1 fully saturated rings. The number of nitrogens with zero attached hydrogens (tertiary/aromatic N) is 2. The molecular weight excluding hydrogens is 162 g/mol. The highest BCUT2D eigenvalue weighted by atomic mass is 15.2. The summed E-state index contributed by atoms with van der Waals surface area (Å²) in [7, 11) is 4.36. The minimum atomic E-state index is 0.779. The molecule has 0 aromatic rings. The van der Waals surface area contributed by atoms with Crippen LogP contribution >= 0.6 is 0 Å². The van der Waals surface area contributed by atoms with Gasteiger partial charge in [0, 0.05) is 25.7 Å². The third-order valence-corrected chi connectivity index (χ3v) is 2.83. The van der Waals surface area contributed by atoms with E-state index in [1.807, 2.05) is 0 Å². The molecule has 0 aromatic heterocycles. The zero-order valence-corrected chi connectivity index (χ0v) is 9.21. The van der Waals surface area contributed by atoms with E-state index >= 15 is 0 Å². The zero-order chi connectivity index (χ0) is 9.68. The Morgan fingerprint density at radius 3 is 2.77 bits per heavy atom. The molecule has 1 N–H and O–H groups in total. The van der Waals surface area contributed by atoms with Crippen LogP contribution in [-0.2, 0) is 0 Å². The van der Waals surface area contributed by atoms with Crippen molar-refractivity contribution in [2.75, 3.05) is 46.8 Å². The summed E-state index contributed by atoms with van der Waals surface area (Å²) in [5.41, 5.74) is 0. The molecule has 1 rings (SSSR count). The first-order valence-electron chi connectivity index (χ1n) is 5.33. The highest BCUT2D eigenvalue weighted by Gasteiger charge is 2.22. The van der Waals surface area contributed by atoms with Crippen molar-refractivity contribution in [2.45, 2.75) is 19.4 Å². The van der Waals surface area contributed by atoms with Gasteiger partial charge in [-0.05, 0) is 33.6 Å². The van der Waals surface area contributed by atoms with Crippen LogP contribution in [0.4, 0.5) is 0 Å². The van der Waals surface area contributed by atoms with Gasteiger partial charge in [-0.25, -0.2) is 0 Å². The summed E-state index contributed by atoms with van der Waals surface area (Å²) in [6.07, 6.45) is 1.33. The molecule has 0 aromatic carbocycles. The second-order valence-electron chi connectivity index (χ2n) is 4.06. The van der Waals surface area contributed by atoms with E-state index in [0.717, 1.165) is 19.1 Å². The quantitative estimate of drug-likeness (QED) is 0.619. The summed E-state index contributed by atoms with van der Waals surface area (Å²) in [6, 6.07) is 0.779. The first kappa shape index (κ1) is 11.0. The van der Waals surface area contributed by atoms with Crippen LogP contribution in [0, 0.1) is 0 Å². The van der Waals surface area contributed by atoms with Crippen LogP contribution in [0.5, 0.6) is 0 Å². The van der Waals surface area contributed by atoms with Crippen molar-refractivity contribution in [3.63, 3.8) is 0 Å². The number of hydrogen-bond acceptors (Lipinski definition) is 3. The molecule has 0 bridgehead atoms. The lowest BCUT2D eigenvalue weighted by Gasteiger charge is -2.20. The van der Waals surface area contributed by atoms with E-state index in [9.17, 15) is 0 Å². The van der Waals surface area contributed by atoms with Crippen LogP contribution in [0.15, 0.2) is 0 Å². The molecule has 1 aliphatic rings. The summed E-state index contributed by atoms with van der Waals surface area (Å²) in [6.45, 7) is 8.11. The van der Waals surface area contributed by atoms with Gasteiger partial charge in [0.15, 0.2) is 0 Å². The first-order valence-corrected chi connectivity index (χ1v) is 5.33. The van der Waals surface area contributed by atoms with Crippen LogP contribution in [-0.4, -0.2) is 62.7 Å². The molecule has 0 amide bonds. The van der Waals surface area contributed by atoms with Gasteiger partial charge in [0.2, 0.25) is 0 Å². The number of nitrogens with one attached hydrogen (secondary N) is 1. The lowest BCUT2D eigenvalue weighted by molar-refractivity contribution is 0.269. The van der Waals surface area contributed by atoms with Crippen molar-refractivity contribution in [1.29, 1.82) is 0 Å². The molecule has 1 saturated heterocycles. The lowest BCUT2D eigenvalue weighted by atomic mass is 10.2. The van der Waals surface area contributed by atoms with E-state index in [0.29, 0.717) is 0 Å². The topological polar surface area (TPSA) is 18.5 Å². The second kappa shape index (κ2) is 5.58. The smallest absolute Gasteiger partial charge is 0.0229 e. The van der Waals surface area contributed by atoms with Gasteiger partial charge >= 0.3 is 0 Å². The predicted octanol–water partition coefficient (Wildman–Crippen LogP) is 0.232. The van der Waals surface area contributed by atoms with Gasteiger partial charge in [0.25, 0.3) is 0 Å². The predicted molar refractivity (Wildman–Crippen MR) is 57.1 cm³/mol. The Morgan fingerprint density at radius 2 is 2.23 bits per heavy atom. The largest absolute Gasteiger partial charge is 0.316 e. The van der Waals surface area contributed by atoms with Gasteiger partial charge in [-0.3, -0.25) is 0 Å². The van der Waals surface area contributed by atoms with Gasteiger partial charge < -0.3 is 15.1 Å². The van der Waals surface area contributed by atoms with E-state index in [4.69, 9.17) is 0 Å². The van der Waals surface area contributed by atoms with Crippen molar-refractivity contribution in [2.24, 2.45) is 0 Å². The minimum absolute atomic E-state index is 0.779. The summed E-state index contributed by atoms with van der Waals surface area (Å²) in [5.74, 6) is 0. The van der Waals surface area contributed by atoms with E-state index in [1.54, 1.807) is 0 Å². The van der Waals surface area contributed by atoms with E-state index in [-0.39, 0.29) is 0 Å². The van der Waals surface area contributed by atoms with Gasteiger partial charge in [-0.1, -0.05) is 6.92 Å². The Labute approximate surface area is 82.1 Å². The van der Waals surface area contributed by atoms with Gasteiger partial charge in [0.1, 0.15) is 0 Å². The van der Waals surface area contributed by atoms with Gasteiger partial charge in [-0.2, -0.15) is 0 Å². The summed E-state index contributed by atoms with van der Waals surface area (Å²) in [4.78, 5) is 4.89. The molecule has 1 heterocycles. The molecule has 0 radical (unpaired) electrons. The molecule has 1 aliphatic heterocycles. The van der Waals surface area contributed by atoms with Crippen molar-refractivity contribution in [3.05, 3.63) is 0 Å². The molecule has 3 nitrogen and oxygen atoms in total. The lowest BCUT2D eigenvalue weighted by Crippen LogP contribution is -2.34. The Bertz CT molecular complexity index is 136. The summed E-state index contributed by atoms with van der Waals surface area (Å²) < 4.78 is 0. The molecule has 1 atom stereocenters. The third kappa shape index (κ3) is 3.63. The van der Waals surface area contributed by atoms with Crippen molar-refractivity contribution in [3.8, 4) is 0 Å². The first-order chi connectivity index (χ1) is 6.24. The Kier molecular flexibility index (Phi) is 4.70. The molecule has 0 spiro atoms. The Balaban J connectivity index is 2.10. The fraction of sp³-hybridized carbons (Fsp3) is 1.00. The number of hydrogen-bond donors (Lipinski definition) is 1. The van der Waals surface area contributed by atoms with Crippen molar-refractivity contribution < 1.29 is 0 Å². The summed E-state index contributed by atoms with van der Waals surface area (Å²) >= 11 is 0. The SMILES string of the molecule is CCNCCN1CCC(N(C)C)C1. The minimum Gasteiger partial charge on any atom is -0.316 e. The van der Waals surface area contributed by atoms with Gasteiger partial charge in [-0.15, -0.1) is 0 Å². The number of likely N-dealkylation sites (tertiary alicyclic amines) is 1. The Hall–Kier alpha value is -0.120. The van der Waals surface area contributed by atoms with E-state index < -0.39 is 0 Å². The molecule has 13 heavy (non-hydrogen) atoms. The average molecular weight is 185 g/mol. The van der Waals surface area contributed by atoms with Gasteiger partial charge in [0.05, 0.1) is 0 Å². The fourth-order valence-corrected chi connectivity index (χ4v) is 1.85.